The number of hydrogen-bond acceptors (Lipinski definition) is 7. The van der Waals surface area contributed by atoms with Crippen molar-refractivity contribution < 1.29 is 29.0 Å². The first-order valence-corrected chi connectivity index (χ1v) is 13.0. The van der Waals surface area contributed by atoms with Gasteiger partial charge in [0.1, 0.15) is 10.4 Å². The molecule has 0 saturated carbocycles. The minimum absolute atomic E-state index is 0.0426. The van der Waals surface area contributed by atoms with Crippen LogP contribution in [0.15, 0.2) is 23.1 Å². The third-order valence-corrected chi connectivity index (χ3v) is 6.94. The van der Waals surface area contributed by atoms with E-state index in [-0.39, 0.29) is 28.2 Å². The Labute approximate surface area is 216 Å². The highest BCUT2D eigenvalue weighted by Gasteiger charge is 2.40. The van der Waals surface area contributed by atoms with Crippen LogP contribution >= 0.6 is 24.0 Å². The molecule has 192 valence electrons. The summed E-state index contributed by atoms with van der Waals surface area (Å²) >= 11 is 6.28. The van der Waals surface area contributed by atoms with E-state index in [1.54, 1.807) is 31.4 Å². The Morgan fingerprint density at radius 2 is 1.91 bits per heavy atom. The molecule has 0 bridgehead atoms. The van der Waals surface area contributed by atoms with Crippen LogP contribution in [0.2, 0.25) is 0 Å². The molecule has 8 nitrogen and oxygen atoms in total. The fourth-order valence-corrected chi connectivity index (χ4v) is 5.08. The maximum Gasteiger partial charge on any atom is 0.326 e. The predicted octanol–water partition coefficient (Wildman–Crippen LogP) is 4.74. The molecule has 1 aliphatic rings. The number of carbonyl (C=O) groups excluding carboxylic acids is 2. The molecule has 1 aromatic rings. The number of thiocarbonyl (C=S) groups is 1. The monoisotopic (exact) mass is 522 g/mol. The minimum atomic E-state index is -1.25. The Morgan fingerprint density at radius 3 is 2.54 bits per heavy atom. The van der Waals surface area contributed by atoms with Gasteiger partial charge in [0, 0.05) is 6.42 Å². The average molecular weight is 523 g/mol. The van der Waals surface area contributed by atoms with Crippen molar-refractivity contribution in [2.75, 3.05) is 7.11 Å². The van der Waals surface area contributed by atoms with Crippen molar-refractivity contribution in [2.45, 2.75) is 77.4 Å². The second-order valence-electron chi connectivity index (χ2n) is 8.45. The van der Waals surface area contributed by atoms with Crippen LogP contribution in [0.25, 0.3) is 6.08 Å². The van der Waals surface area contributed by atoms with Crippen molar-refractivity contribution in [3.05, 3.63) is 28.7 Å². The zero-order chi connectivity index (χ0) is 26.0. The molecule has 10 heteroatoms. The zero-order valence-electron chi connectivity index (χ0n) is 20.5. The quantitative estimate of drug-likeness (QED) is 0.193. The summed E-state index contributed by atoms with van der Waals surface area (Å²) in [5.74, 6) is -1.25. The maximum absolute atomic E-state index is 13.0. The molecule has 1 fully saturated rings. The van der Waals surface area contributed by atoms with Crippen molar-refractivity contribution in [1.29, 1.82) is 0 Å². The molecule has 1 saturated heterocycles. The normalized spacial score (nSPS) is 16.4. The number of amides is 2. The first-order chi connectivity index (χ1) is 16.7. The third-order valence-electron chi connectivity index (χ3n) is 5.61. The lowest BCUT2D eigenvalue weighted by molar-refractivity contribution is -0.145. The van der Waals surface area contributed by atoms with Crippen LogP contribution in [-0.2, 0) is 14.4 Å². The summed E-state index contributed by atoms with van der Waals surface area (Å²) in [6, 6.07) is 4.11. The van der Waals surface area contributed by atoms with Gasteiger partial charge in [-0.15, -0.1) is 0 Å². The molecule has 2 rings (SSSR count). The number of nitrogens with zero attached hydrogens (tertiary/aromatic N) is 1. The second kappa shape index (κ2) is 14.1. The number of unbranched alkanes of at least 4 members (excludes halogenated alkanes) is 4. The Kier molecular flexibility index (Phi) is 11.5. The van der Waals surface area contributed by atoms with E-state index in [0.29, 0.717) is 17.1 Å². The Morgan fingerprint density at radius 1 is 1.20 bits per heavy atom. The summed E-state index contributed by atoms with van der Waals surface area (Å²) in [4.78, 5) is 37.1. The number of hydrogen-bond donors (Lipinski definition) is 2. The lowest BCUT2D eigenvalue weighted by atomic mass is 10.1. The van der Waals surface area contributed by atoms with E-state index >= 15 is 0 Å². The summed E-state index contributed by atoms with van der Waals surface area (Å²) in [6.45, 7) is 4.23. The second-order valence-corrected chi connectivity index (χ2v) is 10.1. The molecule has 1 aliphatic heterocycles. The third kappa shape index (κ3) is 8.54. The summed E-state index contributed by atoms with van der Waals surface area (Å²) in [6.07, 6.45) is 8.38. The van der Waals surface area contributed by atoms with Gasteiger partial charge in [-0.3, -0.25) is 14.5 Å². The van der Waals surface area contributed by atoms with E-state index < -0.39 is 23.8 Å². The van der Waals surface area contributed by atoms with Gasteiger partial charge in [0.05, 0.1) is 18.1 Å². The van der Waals surface area contributed by atoms with Gasteiger partial charge in [-0.25, -0.2) is 4.79 Å². The van der Waals surface area contributed by atoms with Crippen molar-refractivity contribution in [3.63, 3.8) is 0 Å². The molecular formula is C25H34N2O6S2. The van der Waals surface area contributed by atoms with E-state index in [0.717, 1.165) is 29.5 Å². The summed E-state index contributed by atoms with van der Waals surface area (Å²) < 4.78 is 11.7. The largest absolute Gasteiger partial charge is 0.493 e. The topological polar surface area (TPSA) is 119 Å². The standard InChI is InChI=1S/C25H34N2O6S2/c1-4-5-6-7-8-9-16(2)33-19-12-10-17(14-20(19)32-3)15-21-23(29)27(25(34)35-21)18(24(30)31)11-13-22(26)28/h10,12,14-16,18H,4-9,11,13H2,1-3H3,(H2,26,28)(H,30,31)/b21-15+/t16-,18-/m0/s1. The Bertz CT molecular complexity index is 965. The number of carboxylic acid groups (broad SMARTS) is 1. The van der Waals surface area contributed by atoms with Gasteiger partial charge in [0.25, 0.3) is 5.91 Å². The SMILES string of the molecule is CCCCCCC[C@H](C)Oc1ccc(/C=C2/SC(=S)N([C@@H](CCC(N)=O)C(=O)O)C2=O)cc1OC. The number of thioether (sulfide) groups is 1. The van der Waals surface area contributed by atoms with Gasteiger partial charge < -0.3 is 20.3 Å². The number of benzene rings is 1. The lowest BCUT2D eigenvalue weighted by Gasteiger charge is -2.22. The minimum Gasteiger partial charge on any atom is -0.493 e. The molecule has 0 aliphatic carbocycles. The fourth-order valence-electron chi connectivity index (χ4n) is 3.72. The number of rotatable bonds is 15. The average Bonchev–Trinajstić information content (AvgIpc) is 3.07. The number of carbonyl (C=O) groups is 3. The van der Waals surface area contributed by atoms with Crippen molar-refractivity contribution in [1.82, 2.24) is 4.90 Å². The highest BCUT2D eigenvalue weighted by atomic mass is 32.2. The van der Waals surface area contributed by atoms with Gasteiger partial charge >= 0.3 is 5.97 Å². The van der Waals surface area contributed by atoms with Crippen LogP contribution in [0, 0.1) is 0 Å². The molecule has 0 aromatic heterocycles. The Balaban J connectivity index is 2.11. The van der Waals surface area contributed by atoms with Crippen LogP contribution in [-0.4, -0.2) is 51.4 Å². The summed E-state index contributed by atoms with van der Waals surface area (Å²) in [5, 5.41) is 9.56. The molecule has 1 aromatic carbocycles. The number of ether oxygens (including phenoxy) is 2. The number of carboxylic acids is 1. The summed E-state index contributed by atoms with van der Waals surface area (Å²) in [5.41, 5.74) is 5.83. The molecule has 1 heterocycles. The number of aliphatic carboxylic acids is 1. The van der Waals surface area contributed by atoms with Crippen LogP contribution in [0.4, 0.5) is 0 Å². The van der Waals surface area contributed by atoms with Crippen molar-refractivity contribution in [3.8, 4) is 11.5 Å². The molecular weight excluding hydrogens is 488 g/mol. The highest BCUT2D eigenvalue weighted by molar-refractivity contribution is 8.26. The smallest absolute Gasteiger partial charge is 0.326 e. The van der Waals surface area contributed by atoms with E-state index in [2.05, 4.69) is 6.92 Å². The fraction of sp³-hybridized carbons (Fsp3) is 0.520. The number of primary amides is 1. The van der Waals surface area contributed by atoms with Crippen LogP contribution in [0.5, 0.6) is 11.5 Å². The van der Waals surface area contributed by atoms with Gasteiger partial charge in [0.2, 0.25) is 5.91 Å². The first-order valence-electron chi connectivity index (χ1n) is 11.8. The molecule has 2 atom stereocenters. The molecule has 0 spiro atoms. The first kappa shape index (κ1) is 28.6. The van der Waals surface area contributed by atoms with Crippen molar-refractivity contribution >= 4 is 52.2 Å². The van der Waals surface area contributed by atoms with Gasteiger partial charge in [-0.2, -0.15) is 0 Å². The van der Waals surface area contributed by atoms with Gasteiger partial charge in [0.15, 0.2) is 11.5 Å². The highest BCUT2D eigenvalue weighted by Crippen LogP contribution is 2.36. The molecule has 35 heavy (non-hydrogen) atoms. The molecule has 3 N–H and O–H groups in total. The van der Waals surface area contributed by atoms with E-state index in [1.165, 1.54) is 25.7 Å². The summed E-state index contributed by atoms with van der Waals surface area (Å²) in [7, 11) is 1.55. The maximum atomic E-state index is 13.0. The Hall–Kier alpha value is -2.59. The number of nitrogens with two attached hydrogens (primary N) is 1. The molecule has 2 amide bonds. The lowest BCUT2D eigenvalue weighted by Crippen LogP contribution is -2.44. The zero-order valence-corrected chi connectivity index (χ0v) is 22.1. The van der Waals surface area contributed by atoms with Crippen LogP contribution in [0.3, 0.4) is 0 Å². The predicted molar refractivity (Wildman–Crippen MR) is 141 cm³/mol. The van der Waals surface area contributed by atoms with Crippen LogP contribution in [0.1, 0.15) is 70.8 Å². The van der Waals surface area contributed by atoms with Gasteiger partial charge in [-0.1, -0.05) is 62.7 Å². The van der Waals surface area contributed by atoms with Crippen molar-refractivity contribution in [2.24, 2.45) is 5.73 Å². The van der Waals surface area contributed by atoms with Gasteiger partial charge in [-0.05, 0) is 50.0 Å². The number of methoxy groups -OCH3 is 1. The van der Waals surface area contributed by atoms with E-state index in [4.69, 9.17) is 27.4 Å². The van der Waals surface area contributed by atoms with E-state index in [1.807, 2.05) is 6.92 Å². The van der Waals surface area contributed by atoms with Crippen LogP contribution < -0.4 is 15.2 Å². The molecule has 0 unspecified atom stereocenters. The van der Waals surface area contributed by atoms with E-state index in [9.17, 15) is 19.5 Å². The molecule has 0 radical (unpaired) electrons.